The molecule has 102 valence electrons. The van der Waals surface area contributed by atoms with Crippen molar-refractivity contribution in [3.05, 3.63) is 0 Å². The van der Waals surface area contributed by atoms with Gasteiger partial charge in [0.2, 0.25) is 11.8 Å². The Morgan fingerprint density at radius 1 is 1.33 bits per heavy atom. The Kier molecular flexibility index (Phi) is 3.90. The van der Waals surface area contributed by atoms with Crippen molar-refractivity contribution in [1.82, 2.24) is 10.2 Å². The average molecular weight is 270 g/mol. The van der Waals surface area contributed by atoms with Crippen molar-refractivity contribution in [2.24, 2.45) is 0 Å². The predicted octanol–water partition coefficient (Wildman–Crippen LogP) is 1.40. The number of hydrogen-bond acceptors (Lipinski definition) is 3. The van der Waals surface area contributed by atoms with Crippen LogP contribution in [0.25, 0.3) is 0 Å². The first-order valence-corrected chi connectivity index (χ1v) is 7.87. The van der Waals surface area contributed by atoms with E-state index in [0.29, 0.717) is 5.25 Å². The highest BCUT2D eigenvalue weighted by Crippen LogP contribution is 2.31. The van der Waals surface area contributed by atoms with Gasteiger partial charge in [-0.2, -0.15) is 11.8 Å². The molecular weight excluding hydrogens is 248 g/mol. The lowest BCUT2D eigenvalue weighted by Gasteiger charge is -2.44. The van der Waals surface area contributed by atoms with Gasteiger partial charge in [0.15, 0.2) is 0 Å². The van der Waals surface area contributed by atoms with Gasteiger partial charge in [0, 0.05) is 11.3 Å². The van der Waals surface area contributed by atoms with Gasteiger partial charge in [-0.15, -0.1) is 0 Å². The molecule has 2 amide bonds. The molecule has 0 aromatic rings. The van der Waals surface area contributed by atoms with Crippen LogP contribution in [0.2, 0.25) is 0 Å². The second-order valence-corrected chi connectivity index (χ2v) is 6.92. The number of piperazine rings is 1. The van der Waals surface area contributed by atoms with E-state index in [1.165, 1.54) is 6.42 Å². The van der Waals surface area contributed by atoms with E-state index in [1.807, 2.05) is 11.8 Å². The first kappa shape index (κ1) is 13.7. The van der Waals surface area contributed by atoms with E-state index >= 15 is 0 Å². The molecule has 0 aromatic carbocycles. The summed E-state index contributed by atoms with van der Waals surface area (Å²) in [7, 11) is 0. The van der Waals surface area contributed by atoms with E-state index < -0.39 is 5.54 Å². The van der Waals surface area contributed by atoms with Gasteiger partial charge in [-0.3, -0.25) is 9.59 Å². The second kappa shape index (κ2) is 5.11. The zero-order valence-electron chi connectivity index (χ0n) is 11.4. The molecule has 0 radical (unpaired) electrons. The minimum atomic E-state index is -0.748. The van der Waals surface area contributed by atoms with E-state index in [9.17, 15) is 9.59 Å². The highest BCUT2D eigenvalue weighted by Gasteiger charge is 2.42. The Labute approximate surface area is 113 Å². The van der Waals surface area contributed by atoms with Crippen molar-refractivity contribution in [3.63, 3.8) is 0 Å². The molecule has 1 aliphatic carbocycles. The standard InChI is InChI=1S/C13H22N2O2S/c1-13(2)12(17)15(8-11(16)14-13)9-5-4-6-10(7-9)18-3/h9-10H,4-8H2,1-3H3,(H,14,16). The number of nitrogens with one attached hydrogen (secondary N) is 1. The molecular formula is C13H22N2O2S. The van der Waals surface area contributed by atoms with E-state index in [0.717, 1.165) is 19.3 Å². The lowest BCUT2D eigenvalue weighted by Crippen LogP contribution is -2.66. The van der Waals surface area contributed by atoms with Crippen LogP contribution in [-0.2, 0) is 9.59 Å². The number of rotatable bonds is 2. The van der Waals surface area contributed by atoms with Crippen LogP contribution in [0.4, 0.5) is 0 Å². The van der Waals surface area contributed by atoms with Crippen LogP contribution in [-0.4, -0.2) is 46.3 Å². The molecule has 2 rings (SSSR count). The molecule has 2 fully saturated rings. The second-order valence-electron chi connectivity index (χ2n) is 5.78. The minimum Gasteiger partial charge on any atom is -0.341 e. The number of nitrogens with zero attached hydrogens (tertiary/aromatic N) is 1. The van der Waals surface area contributed by atoms with Gasteiger partial charge in [-0.25, -0.2) is 0 Å². The highest BCUT2D eigenvalue weighted by molar-refractivity contribution is 7.99. The third-order valence-electron chi connectivity index (χ3n) is 3.93. The van der Waals surface area contributed by atoms with Crippen LogP contribution < -0.4 is 5.32 Å². The zero-order chi connectivity index (χ0) is 13.3. The van der Waals surface area contributed by atoms with Gasteiger partial charge in [0.25, 0.3) is 0 Å². The van der Waals surface area contributed by atoms with E-state index in [1.54, 1.807) is 18.7 Å². The monoisotopic (exact) mass is 270 g/mol. The molecule has 18 heavy (non-hydrogen) atoms. The highest BCUT2D eigenvalue weighted by atomic mass is 32.2. The molecule has 0 aromatic heterocycles. The number of carbonyl (C=O) groups excluding carboxylic acids is 2. The van der Waals surface area contributed by atoms with Gasteiger partial charge in [-0.05, 0) is 39.4 Å². The summed E-state index contributed by atoms with van der Waals surface area (Å²) in [5.74, 6) is 0.0275. The van der Waals surface area contributed by atoms with Crippen LogP contribution in [0.1, 0.15) is 39.5 Å². The van der Waals surface area contributed by atoms with Crippen molar-refractivity contribution in [2.45, 2.75) is 56.4 Å². The first-order valence-electron chi connectivity index (χ1n) is 6.59. The third kappa shape index (κ3) is 2.66. The van der Waals surface area contributed by atoms with Crippen molar-refractivity contribution >= 4 is 23.6 Å². The fourth-order valence-electron chi connectivity index (χ4n) is 2.94. The number of amides is 2. The molecule has 0 spiro atoms. The molecule has 2 aliphatic rings. The molecule has 5 heteroatoms. The fourth-order valence-corrected chi connectivity index (χ4v) is 3.76. The lowest BCUT2D eigenvalue weighted by atomic mass is 9.90. The Morgan fingerprint density at radius 2 is 2.06 bits per heavy atom. The van der Waals surface area contributed by atoms with Crippen molar-refractivity contribution in [2.75, 3.05) is 12.8 Å². The molecule has 1 saturated carbocycles. The average Bonchev–Trinajstić information content (AvgIpc) is 2.33. The van der Waals surface area contributed by atoms with Crippen LogP contribution in [0.15, 0.2) is 0 Å². The molecule has 1 saturated heterocycles. The van der Waals surface area contributed by atoms with Crippen molar-refractivity contribution < 1.29 is 9.59 Å². The SMILES string of the molecule is CSC1CCCC(N2CC(=O)NC(C)(C)C2=O)C1. The third-order valence-corrected chi connectivity index (χ3v) is 5.03. The Hall–Kier alpha value is -0.710. The largest absolute Gasteiger partial charge is 0.341 e. The topological polar surface area (TPSA) is 49.4 Å². The fraction of sp³-hybridized carbons (Fsp3) is 0.846. The Bertz CT molecular complexity index is 357. The number of thioether (sulfide) groups is 1. The van der Waals surface area contributed by atoms with Crippen LogP contribution >= 0.6 is 11.8 Å². The molecule has 1 N–H and O–H groups in total. The summed E-state index contributed by atoms with van der Waals surface area (Å²) < 4.78 is 0. The van der Waals surface area contributed by atoms with E-state index in [-0.39, 0.29) is 24.4 Å². The van der Waals surface area contributed by atoms with Crippen LogP contribution in [0, 0.1) is 0 Å². The van der Waals surface area contributed by atoms with Crippen LogP contribution in [0.5, 0.6) is 0 Å². The minimum absolute atomic E-state index is 0.0362. The van der Waals surface area contributed by atoms with Gasteiger partial charge >= 0.3 is 0 Å². The van der Waals surface area contributed by atoms with Crippen molar-refractivity contribution in [1.29, 1.82) is 0 Å². The number of hydrogen-bond donors (Lipinski definition) is 1. The van der Waals surface area contributed by atoms with E-state index in [4.69, 9.17) is 0 Å². The maximum atomic E-state index is 12.4. The van der Waals surface area contributed by atoms with E-state index in [2.05, 4.69) is 11.6 Å². The summed E-state index contributed by atoms with van der Waals surface area (Å²) >= 11 is 1.88. The maximum absolute atomic E-state index is 12.4. The Morgan fingerprint density at radius 3 is 2.72 bits per heavy atom. The van der Waals surface area contributed by atoms with Gasteiger partial charge in [-0.1, -0.05) is 6.42 Å². The number of carbonyl (C=O) groups is 2. The van der Waals surface area contributed by atoms with Gasteiger partial charge in [0.1, 0.15) is 5.54 Å². The molecule has 1 aliphatic heterocycles. The first-order chi connectivity index (χ1) is 8.44. The normalized spacial score (nSPS) is 32.3. The molecule has 1 heterocycles. The summed E-state index contributed by atoms with van der Waals surface area (Å²) in [4.78, 5) is 25.9. The van der Waals surface area contributed by atoms with Gasteiger partial charge < -0.3 is 10.2 Å². The summed E-state index contributed by atoms with van der Waals surface area (Å²) in [5.41, 5.74) is -0.748. The summed E-state index contributed by atoms with van der Waals surface area (Å²) in [6.45, 7) is 3.80. The molecule has 2 atom stereocenters. The van der Waals surface area contributed by atoms with Gasteiger partial charge in [0.05, 0.1) is 6.54 Å². The van der Waals surface area contributed by atoms with Crippen LogP contribution in [0.3, 0.4) is 0 Å². The summed E-state index contributed by atoms with van der Waals surface area (Å²) in [6, 6.07) is 0.244. The van der Waals surface area contributed by atoms with Crippen molar-refractivity contribution in [3.8, 4) is 0 Å². The molecule has 0 bridgehead atoms. The smallest absolute Gasteiger partial charge is 0.248 e. The maximum Gasteiger partial charge on any atom is 0.248 e. The lowest BCUT2D eigenvalue weighted by molar-refractivity contribution is -0.151. The zero-order valence-corrected chi connectivity index (χ0v) is 12.2. The molecule has 4 nitrogen and oxygen atoms in total. The predicted molar refractivity (Wildman–Crippen MR) is 73.5 cm³/mol. The summed E-state index contributed by atoms with van der Waals surface area (Å²) in [5, 5.41) is 3.39. The summed E-state index contributed by atoms with van der Waals surface area (Å²) in [6.07, 6.45) is 6.57. The Balaban J connectivity index is 2.11. The quantitative estimate of drug-likeness (QED) is 0.825. The molecule has 2 unspecified atom stereocenters.